The van der Waals surface area contributed by atoms with Crippen molar-refractivity contribution in [1.82, 2.24) is 0 Å². The monoisotopic (exact) mass is 313 g/mol. The van der Waals surface area contributed by atoms with Crippen molar-refractivity contribution in [2.24, 2.45) is 5.73 Å². The highest BCUT2D eigenvalue weighted by Crippen LogP contribution is 2.09. The summed E-state index contributed by atoms with van der Waals surface area (Å²) in [7, 11) is 0. The van der Waals surface area contributed by atoms with E-state index in [4.69, 9.17) is 5.73 Å². The minimum Gasteiger partial charge on any atom is -0.405 e. The summed E-state index contributed by atoms with van der Waals surface area (Å²) >= 11 is 0. The van der Waals surface area contributed by atoms with Crippen molar-refractivity contribution in [3.8, 4) is 0 Å². The van der Waals surface area contributed by atoms with Gasteiger partial charge in [0.2, 0.25) is 0 Å². The van der Waals surface area contributed by atoms with Gasteiger partial charge in [0.15, 0.2) is 0 Å². The number of hydrogen-bond donors (Lipinski definition) is 1. The Morgan fingerprint density at radius 3 is 1.48 bits per heavy atom. The summed E-state index contributed by atoms with van der Waals surface area (Å²) < 4.78 is 0. The summed E-state index contributed by atoms with van der Waals surface area (Å²) in [5.41, 5.74) is 5.22. The van der Waals surface area contributed by atoms with Crippen LogP contribution < -0.4 is 5.73 Å². The molecule has 0 amide bonds. The fraction of sp³-hybridized carbons (Fsp3) is 0.455. The Bertz CT molecular complexity index is 394. The molecule has 0 rings (SSSR count). The molecule has 1 heteroatoms. The second-order valence-electron chi connectivity index (χ2n) is 5.62. The molecule has 0 fully saturated rings. The van der Waals surface area contributed by atoms with Crippen LogP contribution in [0.5, 0.6) is 0 Å². The van der Waals surface area contributed by atoms with Crippen LogP contribution in [0.15, 0.2) is 73.0 Å². The Morgan fingerprint density at radius 2 is 0.957 bits per heavy atom. The van der Waals surface area contributed by atoms with Gasteiger partial charge in [0.25, 0.3) is 0 Å². The Balaban J connectivity index is 3.45. The zero-order valence-corrected chi connectivity index (χ0v) is 14.9. The molecule has 23 heavy (non-hydrogen) atoms. The average molecular weight is 314 g/mol. The minimum absolute atomic E-state index is 1.20. The van der Waals surface area contributed by atoms with Crippen LogP contribution in [0.4, 0.5) is 0 Å². The van der Waals surface area contributed by atoms with E-state index in [0.717, 1.165) is 0 Å². The van der Waals surface area contributed by atoms with E-state index in [1.165, 1.54) is 64.0 Å². The van der Waals surface area contributed by atoms with Gasteiger partial charge >= 0.3 is 0 Å². The third kappa shape index (κ3) is 20.2. The molecular weight excluding hydrogens is 278 g/mol. The van der Waals surface area contributed by atoms with E-state index in [1.54, 1.807) is 6.08 Å². The first-order chi connectivity index (χ1) is 11.4. The number of rotatable bonds is 14. The van der Waals surface area contributed by atoms with Gasteiger partial charge in [-0.05, 0) is 25.1 Å². The fourth-order valence-corrected chi connectivity index (χ4v) is 2.15. The zero-order chi connectivity index (χ0) is 16.8. The van der Waals surface area contributed by atoms with Crippen molar-refractivity contribution in [1.29, 1.82) is 0 Å². The van der Waals surface area contributed by atoms with E-state index in [0.29, 0.717) is 0 Å². The lowest BCUT2D eigenvalue weighted by Crippen LogP contribution is -1.79. The Kier molecular flexibility index (Phi) is 18.7. The van der Waals surface area contributed by atoms with Crippen LogP contribution in [-0.4, -0.2) is 0 Å². The first kappa shape index (κ1) is 21.2. The van der Waals surface area contributed by atoms with E-state index in [9.17, 15) is 0 Å². The molecule has 0 aliphatic carbocycles. The van der Waals surface area contributed by atoms with Gasteiger partial charge in [-0.3, -0.25) is 0 Å². The molecule has 0 saturated heterocycles. The Morgan fingerprint density at radius 1 is 0.522 bits per heavy atom. The molecule has 0 heterocycles. The molecule has 0 spiro atoms. The molecule has 0 aliphatic heterocycles. The Labute approximate surface area is 144 Å². The normalized spacial score (nSPS) is 13.3. The number of hydrogen-bond acceptors (Lipinski definition) is 1. The summed E-state index contributed by atoms with van der Waals surface area (Å²) in [5, 5.41) is 0. The molecule has 0 aromatic rings. The highest BCUT2D eigenvalue weighted by Gasteiger charge is 1.89. The first-order valence-electron chi connectivity index (χ1n) is 9.12. The standard InChI is InChI=1S/C22H35N/c1-2-3-4-5-6-7-8-9-10-11-12-13-14-15-16-17-18-19-20-21-22-23/h11-22H,2-10,23H2,1H3/b12-11+,14-13+,16-15+,18-17+,20-19+,22-21+. The maximum Gasteiger partial charge on any atom is -0.00624 e. The molecule has 0 atom stereocenters. The lowest BCUT2D eigenvalue weighted by Gasteiger charge is -1.99. The summed E-state index contributed by atoms with van der Waals surface area (Å²) in [6, 6.07) is 0. The minimum atomic E-state index is 1.20. The molecule has 0 aromatic heterocycles. The predicted octanol–water partition coefficient (Wildman–Crippen LogP) is 6.77. The van der Waals surface area contributed by atoms with E-state index in [1.807, 2.05) is 36.5 Å². The molecule has 0 bridgehead atoms. The van der Waals surface area contributed by atoms with Crippen molar-refractivity contribution in [3.63, 3.8) is 0 Å². The van der Waals surface area contributed by atoms with Crippen LogP contribution >= 0.6 is 0 Å². The zero-order valence-electron chi connectivity index (χ0n) is 14.9. The fourth-order valence-electron chi connectivity index (χ4n) is 2.15. The lowest BCUT2D eigenvalue weighted by atomic mass is 10.1. The summed E-state index contributed by atoms with van der Waals surface area (Å²) in [6.07, 6.45) is 36.0. The molecule has 128 valence electrons. The second kappa shape index (κ2) is 20.2. The quantitative estimate of drug-likeness (QED) is 0.278. The molecule has 0 radical (unpaired) electrons. The van der Waals surface area contributed by atoms with Crippen molar-refractivity contribution in [2.75, 3.05) is 0 Å². The van der Waals surface area contributed by atoms with Gasteiger partial charge < -0.3 is 5.73 Å². The van der Waals surface area contributed by atoms with Crippen LogP contribution in [-0.2, 0) is 0 Å². The molecule has 0 unspecified atom stereocenters. The van der Waals surface area contributed by atoms with Crippen LogP contribution in [0.25, 0.3) is 0 Å². The lowest BCUT2D eigenvalue weighted by molar-refractivity contribution is 0.577. The third-order valence-electron chi connectivity index (χ3n) is 3.47. The molecule has 2 N–H and O–H groups in total. The van der Waals surface area contributed by atoms with E-state index in [2.05, 4.69) is 31.2 Å². The molecule has 0 saturated carbocycles. The predicted molar refractivity (Wildman–Crippen MR) is 106 cm³/mol. The Hall–Kier alpha value is -1.76. The van der Waals surface area contributed by atoms with Gasteiger partial charge in [0.1, 0.15) is 0 Å². The maximum atomic E-state index is 5.22. The number of allylic oxidation sites excluding steroid dienone is 11. The van der Waals surface area contributed by atoms with Gasteiger partial charge in [-0.15, -0.1) is 0 Å². The summed E-state index contributed by atoms with van der Waals surface area (Å²) in [6.45, 7) is 2.27. The van der Waals surface area contributed by atoms with E-state index < -0.39 is 0 Å². The highest BCUT2D eigenvalue weighted by atomic mass is 14.5. The topological polar surface area (TPSA) is 26.0 Å². The molecular formula is C22H35N. The molecule has 1 nitrogen and oxygen atoms in total. The summed E-state index contributed by atoms with van der Waals surface area (Å²) in [4.78, 5) is 0. The second-order valence-corrected chi connectivity index (χ2v) is 5.62. The van der Waals surface area contributed by atoms with Crippen molar-refractivity contribution >= 4 is 0 Å². The van der Waals surface area contributed by atoms with Gasteiger partial charge in [0.05, 0.1) is 0 Å². The van der Waals surface area contributed by atoms with Crippen molar-refractivity contribution in [2.45, 2.75) is 64.7 Å². The first-order valence-corrected chi connectivity index (χ1v) is 9.12. The number of unbranched alkanes of at least 4 members (excludes halogenated alkanes) is 8. The maximum absolute atomic E-state index is 5.22. The molecule has 0 aromatic carbocycles. The summed E-state index contributed by atoms with van der Waals surface area (Å²) in [5.74, 6) is 0. The van der Waals surface area contributed by atoms with Crippen molar-refractivity contribution in [3.05, 3.63) is 73.0 Å². The van der Waals surface area contributed by atoms with Crippen molar-refractivity contribution < 1.29 is 0 Å². The number of nitrogens with two attached hydrogens (primary N) is 1. The van der Waals surface area contributed by atoms with Crippen LogP contribution in [0, 0.1) is 0 Å². The van der Waals surface area contributed by atoms with E-state index in [-0.39, 0.29) is 0 Å². The smallest absolute Gasteiger partial charge is 0.00624 e. The van der Waals surface area contributed by atoms with Crippen LogP contribution in [0.1, 0.15) is 64.7 Å². The highest BCUT2D eigenvalue weighted by molar-refractivity contribution is 5.19. The molecule has 0 aliphatic rings. The SMILES string of the molecule is CCCCCCCCCC/C=C/C=C/C=C/C=C/C=C/C=C/N. The average Bonchev–Trinajstić information content (AvgIpc) is 2.57. The largest absolute Gasteiger partial charge is 0.405 e. The van der Waals surface area contributed by atoms with Gasteiger partial charge in [-0.1, -0.05) is 113 Å². The van der Waals surface area contributed by atoms with E-state index >= 15 is 0 Å². The van der Waals surface area contributed by atoms with Crippen LogP contribution in [0.3, 0.4) is 0 Å². The van der Waals surface area contributed by atoms with Crippen LogP contribution in [0.2, 0.25) is 0 Å². The van der Waals surface area contributed by atoms with Gasteiger partial charge in [0, 0.05) is 0 Å². The van der Waals surface area contributed by atoms with Gasteiger partial charge in [-0.2, -0.15) is 0 Å². The third-order valence-corrected chi connectivity index (χ3v) is 3.47. The van der Waals surface area contributed by atoms with Gasteiger partial charge in [-0.25, -0.2) is 0 Å².